The highest BCUT2D eigenvalue weighted by atomic mass is 16.5. The van der Waals surface area contributed by atoms with Crippen molar-refractivity contribution in [3.8, 4) is 0 Å². The molecule has 2 unspecified atom stereocenters. The topological polar surface area (TPSA) is 70.6 Å². The molecule has 1 aliphatic carbocycles. The zero-order valence-electron chi connectivity index (χ0n) is 9.66. The molecule has 0 aromatic heterocycles. The predicted molar refractivity (Wildman–Crippen MR) is 59.0 cm³/mol. The van der Waals surface area contributed by atoms with Crippen LogP contribution in [0.1, 0.15) is 26.2 Å². The Kier molecular flexibility index (Phi) is 3.47. The molecule has 1 amide bonds. The third-order valence-electron chi connectivity index (χ3n) is 3.14. The minimum absolute atomic E-state index is 0.0185. The monoisotopic (exact) mass is 228 g/mol. The lowest BCUT2D eigenvalue weighted by molar-refractivity contribution is -0.123. The number of rotatable bonds is 5. The van der Waals surface area contributed by atoms with Crippen molar-refractivity contribution >= 4 is 5.91 Å². The van der Waals surface area contributed by atoms with E-state index in [0.29, 0.717) is 32.2 Å². The van der Waals surface area contributed by atoms with Gasteiger partial charge in [-0.2, -0.15) is 0 Å². The molecule has 1 saturated carbocycles. The highest BCUT2D eigenvalue weighted by molar-refractivity contribution is 5.81. The molecular weight excluding hydrogens is 208 g/mol. The molecule has 1 heterocycles. The van der Waals surface area contributed by atoms with Crippen LogP contribution in [0.4, 0.5) is 0 Å². The Morgan fingerprint density at radius 1 is 1.62 bits per heavy atom. The van der Waals surface area contributed by atoms with Crippen LogP contribution in [0.2, 0.25) is 0 Å². The van der Waals surface area contributed by atoms with E-state index in [1.807, 2.05) is 6.92 Å². The van der Waals surface area contributed by atoms with Gasteiger partial charge < -0.3 is 20.5 Å². The number of hydrogen-bond donors (Lipinski definition) is 3. The molecule has 2 atom stereocenters. The van der Waals surface area contributed by atoms with Crippen molar-refractivity contribution in [2.75, 3.05) is 19.8 Å². The second kappa shape index (κ2) is 4.69. The van der Waals surface area contributed by atoms with Crippen molar-refractivity contribution in [3.63, 3.8) is 0 Å². The van der Waals surface area contributed by atoms with E-state index < -0.39 is 5.60 Å². The molecule has 2 rings (SSSR count). The van der Waals surface area contributed by atoms with Gasteiger partial charge in [0.15, 0.2) is 0 Å². The van der Waals surface area contributed by atoms with Crippen molar-refractivity contribution in [1.82, 2.24) is 10.6 Å². The molecular formula is C11H20N2O3. The summed E-state index contributed by atoms with van der Waals surface area (Å²) in [6.45, 7) is 3.18. The molecule has 92 valence electrons. The van der Waals surface area contributed by atoms with Crippen LogP contribution in [-0.2, 0) is 9.53 Å². The van der Waals surface area contributed by atoms with Gasteiger partial charge in [0.05, 0.1) is 12.6 Å². The number of aliphatic hydroxyl groups is 1. The normalized spacial score (nSPS) is 31.4. The van der Waals surface area contributed by atoms with Gasteiger partial charge >= 0.3 is 0 Å². The van der Waals surface area contributed by atoms with Crippen LogP contribution in [-0.4, -0.2) is 48.5 Å². The largest absolute Gasteiger partial charge is 0.386 e. The van der Waals surface area contributed by atoms with E-state index >= 15 is 0 Å². The van der Waals surface area contributed by atoms with Gasteiger partial charge in [-0.25, -0.2) is 0 Å². The van der Waals surface area contributed by atoms with Gasteiger partial charge in [-0.1, -0.05) is 0 Å². The maximum Gasteiger partial charge on any atom is 0.237 e. The Morgan fingerprint density at radius 3 is 2.94 bits per heavy atom. The summed E-state index contributed by atoms with van der Waals surface area (Å²) in [7, 11) is 0. The lowest BCUT2D eigenvalue weighted by Gasteiger charge is -2.23. The van der Waals surface area contributed by atoms with Crippen LogP contribution in [0, 0.1) is 0 Å². The van der Waals surface area contributed by atoms with Gasteiger partial charge in [0, 0.05) is 25.6 Å². The summed E-state index contributed by atoms with van der Waals surface area (Å²) in [6.07, 6.45) is 2.82. The summed E-state index contributed by atoms with van der Waals surface area (Å²) in [6, 6.07) is 0.125. The first-order valence-corrected chi connectivity index (χ1v) is 5.93. The van der Waals surface area contributed by atoms with Crippen molar-refractivity contribution in [2.45, 2.75) is 43.9 Å². The van der Waals surface area contributed by atoms with Crippen LogP contribution in [0.25, 0.3) is 0 Å². The van der Waals surface area contributed by atoms with Crippen molar-refractivity contribution in [3.05, 3.63) is 0 Å². The van der Waals surface area contributed by atoms with E-state index in [-0.39, 0.29) is 11.9 Å². The molecule has 3 N–H and O–H groups in total. The van der Waals surface area contributed by atoms with Crippen LogP contribution in [0.15, 0.2) is 0 Å². The summed E-state index contributed by atoms with van der Waals surface area (Å²) in [5, 5.41) is 16.0. The van der Waals surface area contributed by atoms with Crippen LogP contribution >= 0.6 is 0 Å². The Morgan fingerprint density at radius 2 is 2.38 bits per heavy atom. The lowest BCUT2D eigenvalue weighted by atomic mass is 10.0. The molecule has 0 bridgehead atoms. The SMILES string of the molecule is CC(NCC1(O)CCOC1)C(=O)NC1CC1. The van der Waals surface area contributed by atoms with E-state index in [1.165, 1.54) is 0 Å². The first kappa shape index (κ1) is 11.8. The van der Waals surface area contributed by atoms with Crippen LogP contribution in [0.3, 0.4) is 0 Å². The molecule has 5 heteroatoms. The van der Waals surface area contributed by atoms with E-state index in [0.717, 1.165) is 12.8 Å². The molecule has 16 heavy (non-hydrogen) atoms. The Labute approximate surface area is 95.5 Å². The van der Waals surface area contributed by atoms with Crippen molar-refractivity contribution < 1.29 is 14.6 Å². The number of hydrogen-bond acceptors (Lipinski definition) is 4. The minimum atomic E-state index is -0.797. The second-order valence-corrected chi connectivity index (χ2v) is 4.91. The Hall–Kier alpha value is -0.650. The molecule has 2 aliphatic rings. The highest BCUT2D eigenvalue weighted by Crippen LogP contribution is 2.19. The number of nitrogens with one attached hydrogen (secondary N) is 2. The summed E-state index contributed by atoms with van der Waals surface area (Å²) in [4.78, 5) is 11.6. The number of ether oxygens (including phenoxy) is 1. The lowest BCUT2D eigenvalue weighted by Crippen LogP contribution is -2.49. The number of carbonyl (C=O) groups excluding carboxylic acids is 1. The van der Waals surface area contributed by atoms with Crippen molar-refractivity contribution in [1.29, 1.82) is 0 Å². The molecule has 5 nitrogen and oxygen atoms in total. The van der Waals surface area contributed by atoms with E-state index in [9.17, 15) is 9.90 Å². The zero-order valence-corrected chi connectivity index (χ0v) is 9.66. The van der Waals surface area contributed by atoms with Gasteiger partial charge in [-0.3, -0.25) is 4.79 Å². The third-order valence-corrected chi connectivity index (χ3v) is 3.14. The standard InChI is InChI=1S/C11H20N2O3/c1-8(10(14)13-9-2-3-9)12-6-11(15)4-5-16-7-11/h8-9,12,15H,2-7H2,1H3,(H,13,14). The Balaban J connectivity index is 1.69. The van der Waals surface area contributed by atoms with E-state index in [4.69, 9.17) is 4.74 Å². The maximum absolute atomic E-state index is 11.6. The molecule has 0 aromatic carbocycles. The summed E-state index contributed by atoms with van der Waals surface area (Å²) in [5.74, 6) is 0.0185. The first-order chi connectivity index (χ1) is 7.59. The molecule has 0 radical (unpaired) electrons. The molecule has 1 aliphatic heterocycles. The maximum atomic E-state index is 11.6. The number of carbonyl (C=O) groups is 1. The molecule has 0 aromatic rings. The van der Waals surface area contributed by atoms with Crippen LogP contribution in [0.5, 0.6) is 0 Å². The quantitative estimate of drug-likeness (QED) is 0.587. The van der Waals surface area contributed by atoms with Crippen LogP contribution < -0.4 is 10.6 Å². The van der Waals surface area contributed by atoms with Gasteiger partial charge in [-0.15, -0.1) is 0 Å². The highest BCUT2D eigenvalue weighted by Gasteiger charge is 2.33. The van der Waals surface area contributed by atoms with Gasteiger partial charge in [0.2, 0.25) is 5.91 Å². The molecule has 1 saturated heterocycles. The van der Waals surface area contributed by atoms with Gasteiger partial charge in [-0.05, 0) is 19.8 Å². The molecule has 2 fully saturated rings. The predicted octanol–water partition coefficient (Wildman–Crippen LogP) is -0.605. The third kappa shape index (κ3) is 3.17. The van der Waals surface area contributed by atoms with Crippen molar-refractivity contribution in [2.24, 2.45) is 0 Å². The average Bonchev–Trinajstić information content (AvgIpc) is 2.96. The zero-order chi connectivity index (χ0) is 11.6. The van der Waals surface area contributed by atoms with Gasteiger partial charge in [0.25, 0.3) is 0 Å². The smallest absolute Gasteiger partial charge is 0.237 e. The minimum Gasteiger partial charge on any atom is -0.386 e. The first-order valence-electron chi connectivity index (χ1n) is 5.93. The summed E-state index contributed by atoms with van der Waals surface area (Å²) >= 11 is 0. The molecule has 0 spiro atoms. The Bertz CT molecular complexity index is 260. The second-order valence-electron chi connectivity index (χ2n) is 4.91. The fraction of sp³-hybridized carbons (Fsp3) is 0.909. The average molecular weight is 228 g/mol. The summed E-state index contributed by atoms with van der Waals surface area (Å²) < 4.78 is 5.14. The van der Waals surface area contributed by atoms with Gasteiger partial charge in [0.1, 0.15) is 5.60 Å². The summed E-state index contributed by atoms with van der Waals surface area (Å²) in [5.41, 5.74) is -0.797. The fourth-order valence-electron chi connectivity index (χ4n) is 1.73. The number of amides is 1. The van der Waals surface area contributed by atoms with E-state index in [1.54, 1.807) is 0 Å². The fourth-order valence-corrected chi connectivity index (χ4v) is 1.73. The van der Waals surface area contributed by atoms with E-state index in [2.05, 4.69) is 10.6 Å².